The molecule has 0 saturated carbocycles. The van der Waals surface area contributed by atoms with Crippen LogP contribution in [0.1, 0.15) is 31.4 Å². The van der Waals surface area contributed by atoms with Crippen LogP contribution in [-0.4, -0.2) is 24.0 Å². The molecule has 1 N–H and O–H groups in total. The van der Waals surface area contributed by atoms with Gasteiger partial charge < -0.3 is 15.0 Å². The van der Waals surface area contributed by atoms with E-state index in [2.05, 4.69) is 12.2 Å². The number of carbonyl (C=O) groups is 1. The first-order chi connectivity index (χ1) is 9.19. The first-order valence-corrected chi connectivity index (χ1v) is 6.61. The van der Waals surface area contributed by atoms with Gasteiger partial charge in [-0.2, -0.15) is 0 Å². The maximum atomic E-state index is 12.0. The summed E-state index contributed by atoms with van der Waals surface area (Å²) in [5.74, 6) is 1.00. The number of hydrogen-bond donors (Lipinski definition) is 1. The van der Waals surface area contributed by atoms with E-state index >= 15 is 0 Å². The summed E-state index contributed by atoms with van der Waals surface area (Å²) in [4.78, 5) is 13.8. The molecule has 2 unspecified atom stereocenters. The van der Waals surface area contributed by atoms with Crippen molar-refractivity contribution in [1.29, 1.82) is 0 Å². The summed E-state index contributed by atoms with van der Waals surface area (Å²) in [5, 5.41) is 3.46. The maximum absolute atomic E-state index is 12.0. The zero-order valence-corrected chi connectivity index (χ0v) is 11.2. The monoisotopic (exact) mass is 258 g/mol. The number of benzene rings is 1. The van der Waals surface area contributed by atoms with Crippen molar-refractivity contribution < 1.29 is 9.53 Å². The Morgan fingerprint density at radius 3 is 2.95 bits per heavy atom. The van der Waals surface area contributed by atoms with E-state index in [9.17, 15) is 4.79 Å². The fourth-order valence-corrected chi connectivity index (χ4v) is 2.86. The number of anilines is 1. The standard InChI is InChI=1S/C15H18N2O2/c1-10-8-14(17-7-3-4-15(17)18)12-9-11(19-2)5-6-13(12)16-10/h3,5-7,9-10,14,16H,4,8H2,1-2H3. The van der Waals surface area contributed by atoms with E-state index in [-0.39, 0.29) is 11.9 Å². The fraction of sp³-hybridized carbons (Fsp3) is 0.400. The highest BCUT2D eigenvalue weighted by atomic mass is 16.5. The van der Waals surface area contributed by atoms with E-state index in [1.54, 1.807) is 7.11 Å². The average Bonchev–Trinajstić information content (AvgIpc) is 2.83. The molecule has 0 saturated heterocycles. The zero-order chi connectivity index (χ0) is 13.4. The lowest BCUT2D eigenvalue weighted by Gasteiger charge is -2.36. The van der Waals surface area contributed by atoms with E-state index in [1.165, 1.54) is 0 Å². The second-order valence-electron chi connectivity index (χ2n) is 5.14. The molecule has 0 aromatic heterocycles. The molecule has 2 atom stereocenters. The Hall–Kier alpha value is -1.97. The molecule has 3 rings (SSSR count). The first kappa shape index (κ1) is 12.1. The molecular weight excluding hydrogens is 240 g/mol. The lowest BCUT2D eigenvalue weighted by molar-refractivity contribution is -0.128. The van der Waals surface area contributed by atoms with Gasteiger partial charge in [0.1, 0.15) is 5.75 Å². The predicted octanol–water partition coefficient (Wildman–Crippen LogP) is 2.69. The summed E-state index contributed by atoms with van der Waals surface area (Å²) in [5.41, 5.74) is 2.23. The highest BCUT2D eigenvalue weighted by Gasteiger charge is 2.32. The molecule has 2 aliphatic heterocycles. The van der Waals surface area contributed by atoms with Crippen LogP contribution in [0.4, 0.5) is 5.69 Å². The quantitative estimate of drug-likeness (QED) is 0.886. The summed E-state index contributed by atoms with van der Waals surface area (Å²) in [6.45, 7) is 2.14. The molecule has 0 aliphatic carbocycles. The van der Waals surface area contributed by atoms with E-state index in [4.69, 9.17) is 4.74 Å². The van der Waals surface area contributed by atoms with Crippen molar-refractivity contribution in [2.24, 2.45) is 0 Å². The third-order valence-corrected chi connectivity index (χ3v) is 3.78. The summed E-state index contributed by atoms with van der Waals surface area (Å²) < 4.78 is 5.30. The number of rotatable bonds is 2. The van der Waals surface area contributed by atoms with E-state index in [1.807, 2.05) is 35.4 Å². The third kappa shape index (κ3) is 2.07. The number of hydrogen-bond acceptors (Lipinski definition) is 3. The number of ether oxygens (including phenoxy) is 1. The molecule has 1 aromatic carbocycles. The van der Waals surface area contributed by atoms with Gasteiger partial charge in [0.25, 0.3) is 0 Å². The second-order valence-corrected chi connectivity index (χ2v) is 5.14. The van der Waals surface area contributed by atoms with Gasteiger partial charge in [-0.3, -0.25) is 4.79 Å². The molecule has 19 heavy (non-hydrogen) atoms. The van der Waals surface area contributed by atoms with Crippen molar-refractivity contribution in [1.82, 2.24) is 4.90 Å². The van der Waals surface area contributed by atoms with Crippen molar-refractivity contribution >= 4 is 11.6 Å². The molecule has 100 valence electrons. The Balaban J connectivity index is 2.02. The van der Waals surface area contributed by atoms with Crippen LogP contribution in [0, 0.1) is 0 Å². The fourth-order valence-electron chi connectivity index (χ4n) is 2.86. The van der Waals surface area contributed by atoms with Gasteiger partial charge >= 0.3 is 0 Å². The molecule has 1 aromatic rings. The first-order valence-electron chi connectivity index (χ1n) is 6.61. The average molecular weight is 258 g/mol. The summed E-state index contributed by atoms with van der Waals surface area (Å²) in [6, 6.07) is 6.46. The van der Waals surface area contributed by atoms with Gasteiger partial charge in [0.15, 0.2) is 0 Å². The number of carbonyl (C=O) groups excluding carboxylic acids is 1. The number of methoxy groups -OCH3 is 1. The van der Waals surface area contributed by atoms with Gasteiger partial charge in [-0.15, -0.1) is 0 Å². The second kappa shape index (κ2) is 4.61. The van der Waals surface area contributed by atoms with Crippen molar-refractivity contribution in [3.8, 4) is 5.75 Å². The third-order valence-electron chi connectivity index (χ3n) is 3.78. The number of nitrogens with zero attached hydrogens (tertiary/aromatic N) is 1. The highest BCUT2D eigenvalue weighted by molar-refractivity contribution is 5.82. The van der Waals surface area contributed by atoms with Gasteiger partial charge in [0, 0.05) is 29.9 Å². The van der Waals surface area contributed by atoms with Crippen LogP contribution in [0.15, 0.2) is 30.5 Å². The normalized spacial score (nSPS) is 25.2. The summed E-state index contributed by atoms with van der Waals surface area (Å²) in [7, 11) is 1.66. The molecule has 4 nitrogen and oxygen atoms in total. The molecule has 0 spiro atoms. The van der Waals surface area contributed by atoms with Crippen LogP contribution in [0.5, 0.6) is 5.75 Å². The van der Waals surface area contributed by atoms with Crippen LogP contribution in [0.3, 0.4) is 0 Å². The van der Waals surface area contributed by atoms with E-state index < -0.39 is 0 Å². The van der Waals surface area contributed by atoms with Crippen LogP contribution in [0.2, 0.25) is 0 Å². The van der Waals surface area contributed by atoms with E-state index in [0.717, 1.165) is 23.4 Å². The van der Waals surface area contributed by atoms with Crippen LogP contribution >= 0.6 is 0 Å². The highest BCUT2D eigenvalue weighted by Crippen LogP contribution is 2.39. The van der Waals surface area contributed by atoms with Gasteiger partial charge in [0.05, 0.1) is 13.2 Å². The lowest BCUT2D eigenvalue weighted by atomic mass is 9.92. The van der Waals surface area contributed by atoms with Gasteiger partial charge in [-0.1, -0.05) is 6.08 Å². The number of fused-ring (bicyclic) bond motifs is 1. The minimum absolute atomic E-state index is 0.104. The minimum atomic E-state index is 0.104. The SMILES string of the molecule is COc1ccc2c(c1)C(N1C=CCC1=O)CC(C)N2. The molecule has 0 bridgehead atoms. The smallest absolute Gasteiger partial charge is 0.230 e. The zero-order valence-electron chi connectivity index (χ0n) is 11.2. The van der Waals surface area contributed by atoms with Gasteiger partial charge in [0.2, 0.25) is 5.91 Å². The summed E-state index contributed by atoms with van der Waals surface area (Å²) in [6.07, 6.45) is 5.26. The van der Waals surface area contributed by atoms with Gasteiger partial charge in [-0.05, 0) is 31.5 Å². The van der Waals surface area contributed by atoms with Crippen LogP contribution < -0.4 is 10.1 Å². The molecule has 0 fully saturated rings. The van der Waals surface area contributed by atoms with Crippen molar-refractivity contribution in [3.05, 3.63) is 36.0 Å². The molecule has 0 radical (unpaired) electrons. The predicted molar refractivity (Wildman–Crippen MR) is 74.0 cm³/mol. The number of nitrogens with one attached hydrogen (secondary N) is 1. The van der Waals surface area contributed by atoms with Gasteiger partial charge in [-0.25, -0.2) is 0 Å². The summed E-state index contributed by atoms with van der Waals surface area (Å²) >= 11 is 0. The molecule has 1 amide bonds. The Bertz CT molecular complexity index is 539. The van der Waals surface area contributed by atoms with Crippen molar-refractivity contribution in [2.45, 2.75) is 31.8 Å². The largest absolute Gasteiger partial charge is 0.497 e. The van der Waals surface area contributed by atoms with Crippen LogP contribution in [0.25, 0.3) is 0 Å². The topological polar surface area (TPSA) is 41.6 Å². The molecule has 2 aliphatic rings. The molecule has 2 heterocycles. The lowest BCUT2D eigenvalue weighted by Crippen LogP contribution is -2.35. The minimum Gasteiger partial charge on any atom is -0.497 e. The Labute approximate surface area is 113 Å². The van der Waals surface area contributed by atoms with Crippen LogP contribution in [-0.2, 0) is 4.79 Å². The molecule has 4 heteroatoms. The Kier molecular flexibility index (Phi) is 2.93. The maximum Gasteiger partial charge on any atom is 0.230 e. The van der Waals surface area contributed by atoms with Crippen molar-refractivity contribution in [3.63, 3.8) is 0 Å². The van der Waals surface area contributed by atoms with Crippen molar-refractivity contribution in [2.75, 3.05) is 12.4 Å². The van der Waals surface area contributed by atoms with E-state index in [0.29, 0.717) is 12.5 Å². The molecular formula is C15H18N2O2. The number of amides is 1. The Morgan fingerprint density at radius 2 is 2.26 bits per heavy atom. The Morgan fingerprint density at radius 1 is 1.42 bits per heavy atom.